The number of esters is 1. The highest BCUT2D eigenvalue weighted by molar-refractivity contribution is 6.15. The molecule has 200 valence electrons. The van der Waals surface area contributed by atoms with Gasteiger partial charge in [-0.2, -0.15) is 4.80 Å². The number of carbonyl (C=O) groups excluding carboxylic acids is 1. The van der Waals surface area contributed by atoms with Crippen molar-refractivity contribution in [3.8, 4) is 22.9 Å². The van der Waals surface area contributed by atoms with Gasteiger partial charge in [-0.3, -0.25) is 9.79 Å². The fourth-order valence-electron chi connectivity index (χ4n) is 5.19. The minimum absolute atomic E-state index is 0.0496. The van der Waals surface area contributed by atoms with Crippen LogP contribution in [0.2, 0.25) is 0 Å². The van der Waals surface area contributed by atoms with Crippen molar-refractivity contribution in [2.45, 2.75) is 64.1 Å². The quantitative estimate of drug-likeness (QED) is 0.401. The molecule has 0 radical (unpaired) electrons. The van der Waals surface area contributed by atoms with Crippen molar-refractivity contribution >= 4 is 11.7 Å². The van der Waals surface area contributed by atoms with Gasteiger partial charge in [-0.1, -0.05) is 24.3 Å². The largest absolute Gasteiger partial charge is 0.493 e. The molecule has 0 bridgehead atoms. The van der Waals surface area contributed by atoms with Crippen LogP contribution in [0.3, 0.4) is 0 Å². The Morgan fingerprint density at radius 2 is 1.89 bits per heavy atom. The molecule has 3 atom stereocenters. The van der Waals surface area contributed by atoms with Crippen molar-refractivity contribution < 1.29 is 27.8 Å². The Labute approximate surface area is 218 Å². The zero-order valence-corrected chi connectivity index (χ0v) is 21.4. The third kappa shape index (κ3) is 5.23. The van der Waals surface area contributed by atoms with Gasteiger partial charge in [0.25, 0.3) is 6.43 Å². The SMILES string of the molecule is CCn1nnc(-c2ccc(C3=NC4CCC(OC(C)=O)CC4c4cc(OCC(F)F)c(OC)cc43)cc2)n1. The molecule has 9 nitrogen and oxygen atoms in total. The van der Waals surface area contributed by atoms with Crippen LogP contribution in [0, 0.1) is 0 Å². The average Bonchev–Trinajstić information content (AvgIpc) is 3.40. The molecule has 0 amide bonds. The number of carbonyl (C=O) groups is 1. The van der Waals surface area contributed by atoms with Gasteiger partial charge in [0, 0.05) is 29.5 Å². The lowest BCUT2D eigenvalue weighted by Crippen LogP contribution is -2.36. The maximum Gasteiger partial charge on any atom is 0.302 e. The molecular formula is C27H29F2N5O4. The van der Waals surface area contributed by atoms with E-state index in [-0.39, 0.29) is 29.8 Å². The summed E-state index contributed by atoms with van der Waals surface area (Å²) < 4.78 is 42.4. The number of aliphatic imine (C=N–C) groups is 1. The molecule has 1 fully saturated rings. The smallest absolute Gasteiger partial charge is 0.302 e. The summed E-state index contributed by atoms with van der Waals surface area (Å²) in [7, 11) is 1.47. The number of halogens is 2. The van der Waals surface area contributed by atoms with Gasteiger partial charge in [0.1, 0.15) is 12.7 Å². The molecule has 0 saturated heterocycles. The van der Waals surface area contributed by atoms with Gasteiger partial charge < -0.3 is 14.2 Å². The molecule has 3 aromatic rings. The highest BCUT2D eigenvalue weighted by Crippen LogP contribution is 2.45. The van der Waals surface area contributed by atoms with E-state index >= 15 is 0 Å². The van der Waals surface area contributed by atoms with Crippen molar-refractivity contribution in [3.05, 3.63) is 53.1 Å². The minimum Gasteiger partial charge on any atom is -0.493 e. The van der Waals surface area contributed by atoms with E-state index in [0.29, 0.717) is 31.0 Å². The van der Waals surface area contributed by atoms with E-state index in [1.165, 1.54) is 18.8 Å². The van der Waals surface area contributed by atoms with Crippen LogP contribution in [0.4, 0.5) is 8.78 Å². The Balaban J connectivity index is 1.54. The van der Waals surface area contributed by atoms with E-state index in [9.17, 15) is 13.6 Å². The highest BCUT2D eigenvalue weighted by Gasteiger charge is 2.38. The van der Waals surface area contributed by atoms with Crippen LogP contribution in [0.5, 0.6) is 11.5 Å². The zero-order valence-electron chi connectivity index (χ0n) is 21.4. The number of aromatic nitrogens is 4. The molecule has 3 unspecified atom stereocenters. The molecule has 2 heterocycles. The lowest BCUT2D eigenvalue weighted by Gasteiger charge is -2.38. The van der Waals surface area contributed by atoms with Gasteiger partial charge in [0.15, 0.2) is 11.5 Å². The number of methoxy groups -OCH3 is 1. The predicted molar refractivity (Wildman–Crippen MR) is 135 cm³/mol. The average molecular weight is 526 g/mol. The Morgan fingerprint density at radius 1 is 1.13 bits per heavy atom. The molecular weight excluding hydrogens is 496 g/mol. The molecule has 38 heavy (non-hydrogen) atoms. The number of tetrazole rings is 1. The summed E-state index contributed by atoms with van der Waals surface area (Å²) in [5.74, 6) is 0.759. The van der Waals surface area contributed by atoms with Gasteiger partial charge in [0.2, 0.25) is 5.82 Å². The van der Waals surface area contributed by atoms with E-state index in [2.05, 4.69) is 15.4 Å². The number of benzene rings is 2. The summed E-state index contributed by atoms with van der Waals surface area (Å²) in [6.45, 7) is 3.24. The first-order valence-corrected chi connectivity index (χ1v) is 12.6. The first-order valence-electron chi connectivity index (χ1n) is 12.6. The molecule has 1 aromatic heterocycles. The Kier molecular flexibility index (Phi) is 7.35. The number of hydrogen-bond donors (Lipinski definition) is 0. The lowest BCUT2D eigenvalue weighted by molar-refractivity contribution is -0.148. The second-order valence-corrected chi connectivity index (χ2v) is 9.37. The predicted octanol–water partition coefficient (Wildman–Crippen LogP) is 4.43. The van der Waals surface area contributed by atoms with Crippen molar-refractivity contribution in [1.29, 1.82) is 0 Å². The summed E-state index contributed by atoms with van der Waals surface area (Å²) in [4.78, 5) is 18.3. The number of alkyl halides is 2. The maximum atomic E-state index is 12.9. The molecule has 1 saturated carbocycles. The van der Waals surface area contributed by atoms with Crippen LogP contribution >= 0.6 is 0 Å². The van der Waals surface area contributed by atoms with E-state index in [0.717, 1.165) is 34.4 Å². The Hall–Kier alpha value is -3.89. The van der Waals surface area contributed by atoms with E-state index in [1.807, 2.05) is 31.2 Å². The van der Waals surface area contributed by atoms with Crippen LogP contribution < -0.4 is 9.47 Å². The monoisotopic (exact) mass is 525 g/mol. The summed E-state index contributed by atoms with van der Waals surface area (Å²) in [5.41, 5.74) is 4.25. The molecule has 11 heteroatoms. The van der Waals surface area contributed by atoms with Crippen LogP contribution in [-0.2, 0) is 16.1 Å². The fourth-order valence-corrected chi connectivity index (χ4v) is 5.19. The fraction of sp³-hybridized carbons (Fsp3) is 0.444. The summed E-state index contributed by atoms with van der Waals surface area (Å²) >= 11 is 0. The number of ether oxygens (including phenoxy) is 3. The van der Waals surface area contributed by atoms with E-state index in [4.69, 9.17) is 19.2 Å². The van der Waals surface area contributed by atoms with Crippen molar-refractivity contribution in [2.75, 3.05) is 13.7 Å². The number of hydrogen-bond acceptors (Lipinski definition) is 8. The molecule has 1 aliphatic heterocycles. The highest BCUT2D eigenvalue weighted by atomic mass is 19.3. The summed E-state index contributed by atoms with van der Waals surface area (Å²) in [6, 6.07) is 11.3. The van der Waals surface area contributed by atoms with Gasteiger partial charge in [-0.25, -0.2) is 8.78 Å². The first kappa shape index (κ1) is 25.7. The van der Waals surface area contributed by atoms with Crippen LogP contribution in [0.1, 0.15) is 55.7 Å². The summed E-state index contributed by atoms with van der Waals surface area (Å²) in [5, 5.41) is 12.5. The van der Waals surface area contributed by atoms with Crippen LogP contribution in [-0.4, -0.2) is 64.2 Å². The lowest BCUT2D eigenvalue weighted by atomic mass is 9.74. The van der Waals surface area contributed by atoms with E-state index < -0.39 is 13.0 Å². The minimum atomic E-state index is -2.62. The topological polar surface area (TPSA) is 101 Å². The first-order chi connectivity index (χ1) is 18.4. The third-order valence-corrected chi connectivity index (χ3v) is 6.90. The standard InChI is InChI=1S/C27H29F2N5O4/c1-4-34-32-27(31-33-34)17-7-5-16(6-8-17)26-21-13-23(36-3)24(37-14-25(28)29)12-19(21)20-11-18(38-15(2)35)9-10-22(20)30-26/h5-8,12-13,18,20,22,25H,4,9-11,14H2,1-3H3. The number of fused-ring (bicyclic) bond motifs is 3. The van der Waals surface area contributed by atoms with Crippen molar-refractivity contribution in [1.82, 2.24) is 20.2 Å². The Morgan fingerprint density at radius 3 is 2.55 bits per heavy atom. The van der Waals surface area contributed by atoms with Gasteiger partial charge in [-0.15, -0.1) is 10.2 Å². The normalized spacial score (nSPS) is 20.4. The van der Waals surface area contributed by atoms with Gasteiger partial charge in [0.05, 0.1) is 25.4 Å². The number of aryl methyl sites for hydroxylation is 1. The van der Waals surface area contributed by atoms with Crippen molar-refractivity contribution in [3.63, 3.8) is 0 Å². The molecule has 0 spiro atoms. The molecule has 2 aliphatic rings. The second kappa shape index (κ2) is 10.8. The van der Waals surface area contributed by atoms with Crippen molar-refractivity contribution in [2.24, 2.45) is 4.99 Å². The van der Waals surface area contributed by atoms with Crippen LogP contribution in [0.25, 0.3) is 11.4 Å². The van der Waals surface area contributed by atoms with E-state index in [1.54, 1.807) is 12.1 Å². The summed E-state index contributed by atoms with van der Waals surface area (Å²) in [6.07, 6.45) is -0.820. The maximum absolute atomic E-state index is 12.9. The molecule has 1 aliphatic carbocycles. The van der Waals surface area contributed by atoms with Gasteiger partial charge in [-0.05, 0) is 49.1 Å². The second-order valence-electron chi connectivity index (χ2n) is 9.37. The number of nitrogens with zero attached hydrogens (tertiary/aromatic N) is 5. The number of rotatable bonds is 8. The third-order valence-electron chi connectivity index (χ3n) is 6.90. The molecule has 5 rings (SSSR count). The van der Waals surface area contributed by atoms with Crippen LogP contribution in [0.15, 0.2) is 41.4 Å². The molecule has 2 aromatic carbocycles. The molecule has 0 N–H and O–H groups in total. The van der Waals surface area contributed by atoms with Gasteiger partial charge >= 0.3 is 5.97 Å². The zero-order chi connectivity index (χ0) is 26.8. The Bertz CT molecular complexity index is 1340.